The van der Waals surface area contributed by atoms with Crippen molar-refractivity contribution in [1.82, 2.24) is 5.16 Å². The summed E-state index contributed by atoms with van der Waals surface area (Å²) in [4.78, 5) is 37.1. The molecule has 1 aliphatic rings. The maximum atomic E-state index is 12.4. The number of thiophene rings is 1. The smallest absolute Gasteiger partial charge is 0.344 e. The van der Waals surface area contributed by atoms with Crippen molar-refractivity contribution in [2.24, 2.45) is 0 Å². The summed E-state index contributed by atoms with van der Waals surface area (Å²) in [6.45, 7) is 6.88. The van der Waals surface area contributed by atoms with Crippen LogP contribution in [0.1, 0.15) is 83.2 Å². The van der Waals surface area contributed by atoms with Gasteiger partial charge in [-0.3, -0.25) is 4.79 Å². The molecule has 2 aromatic heterocycles. The predicted octanol–water partition coefficient (Wildman–Crippen LogP) is 4.02. The van der Waals surface area contributed by atoms with E-state index < -0.39 is 24.5 Å². The van der Waals surface area contributed by atoms with E-state index >= 15 is 0 Å². The van der Waals surface area contributed by atoms with Crippen molar-refractivity contribution in [3.8, 4) is 0 Å². The lowest BCUT2D eigenvalue weighted by Crippen LogP contribution is -2.22. The van der Waals surface area contributed by atoms with Crippen LogP contribution >= 0.6 is 11.3 Å². The number of hydrogen-bond acceptors (Lipinski definition) is 8. The highest BCUT2D eigenvalue weighted by atomic mass is 32.1. The molecule has 156 valence electrons. The number of ether oxygens (including phenoxy) is 2. The van der Waals surface area contributed by atoms with Crippen molar-refractivity contribution < 1.29 is 28.4 Å². The molecule has 2 heterocycles. The van der Waals surface area contributed by atoms with Crippen molar-refractivity contribution in [1.29, 1.82) is 0 Å². The lowest BCUT2D eigenvalue weighted by atomic mass is 10.1. The maximum absolute atomic E-state index is 12.4. The molecule has 9 heteroatoms. The standard InChI is InChI=1S/C20H24N2O6S/c1-5-26-20(25)16-13(12-6-7-12)9-29-18(16)21-14(23)8-27-19(24)15-11(4)22-28-17(15)10(2)3/h9-10,12H,5-8H2,1-4H3,(H,21,23). The Hall–Kier alpha value is -2.68. The number of amides is 1. The first-order chi connectivity index (χ1) is 13.8. The number of aromatic nitrogens is 1. The highest BCUT2D eigenvalue weighted by Gasteiger charge is 2.32. The Kier molecular flexibility index (Phi) is 6.36. The van der Waals surface area contributed by atoms with Gasteiger partial charge >= 0.3 is 11.9 Å². The minimum absolute atomic E-state index is 0.0494. The number of anilines is 1. The molecule has 1 fully saturated rings. The van der Waals surface area contributed by atoms with Crippen LogP contribution in [0, 0.1) is 6.92 Å². The highest BCUT2D eigenvalue weighted by molar-refractivity contribution is 7.15. The van der Waals surface area contributed by atoms with Crippen molar-refractivity contribution in [2.45, 2.75) is 52.4 Å². The minimum Gasteiger partial charge on any atom is -0.462 e. The summed E-state index contributed by atoms with van der Waals surface area (Å²) in [5.74, 6) is -0.951. The Balaban J connectivity index is 1.67. The summed E-state index contributed by atoms with van der Waals surface area (Å²) < 4.78 is 15.5. The molecule has 0 atom stereocenters. The van der Waals surface area contributed by atoms with Gasteiger partial charge in [0.25, 0.3) is 5.91 Å². The second-order valence-corrected chi connectivity index (χ2v) is 8.06. The number of nitrogens with zero attached hydrogens (tertiary/aromatic N) is 1. The van der Waals surface area contributed by atoms with Gasteiger partial charge in [-0.05, 0) is 43.6 Å². The zero-order chi connectivity index (χ0) is 21.1. The van der Waals surface area contributed by atoms with Gasteiger partial charge in [-0.25, -0.2) is 9.59 Å². The SMILES string of the molecule is CCOC(=O)c1c(C2CC2)csc1NC(=O)COC(=O)c1c(C)noc1C(C)C. The monoisotopic (exact) mass is 420 g/mol. The minimum atomic E-state index is -0.668. The number of rotatable bonds is 8. The number of carbonyl (C=O) groups excluding carboxylic acids is 3. The summed E-state index contributed by atoms with van der Waals surface area (Å²) in [6.07, 6.45) is 2.04. The van der Waals surface area contributed by atoms with E-state index in [-0.39, 0.29) is 18.1 Å². The van der Waals surface area contributed by atoms with E-state index in [0.29, 0.717) is 27.9 Å². The van der Waals surface area contributed by atoms with Crippen LogP contribution in [0.4, 0.5) is 5.00 Å². The first-order valence-corrected chi connectivity index (χ1v) is 10.4. The summed E-state index contributed by atoms with van der Waals surface area (Å²) in [5.41, 5.74) is 1.96. The van der Waals surface area contributed by atoms with E-state index in [2.05, 4.69) is 10.5 Å². The van der Waals surface area contributed by atoms with E-state index in [4.69, 9.17) is 14.0 Å². The molecule has 0 saturated heterocycles. The normalized spacial score (nSPS) is 13.4. The third kappa shape index (κ3) is 4.67. The average Bonchev–Trinajstić information content (AvgIpc) is 3.31. The molecule has 0 spiro atoms. The first kappa shape index (κ1) is 21.0. The summed E-state index contributed by atoms with van der Waals surface area (Å²) in [5, 5.41) is 8.76. The molecule has 0 unspecified atom stereocenters. The molecule has 1 amide bonds. The highest BCUT2D eigenvalue weighted by Crippen LogP contribution is 2.46. The van der Waals surface area contributed by atoms with Crippen LogP contribution in [-0.4, -0.2) is 36.2 Å². The number of aryl methyl sites for hydroxylation is 1. The van der Waals surface area contributed by atoms with Gasteiger partial charge in [-0.2, -0.15) is 0 Å². The van der Waals surface area contributed by atoms with E-state index in [9.17, 15) is 14.4 Å². The zero-order valence-electron chi connectivity index (χ0n) is 16.9. The molecule has 2 aromatic rings. The summed E-state index contributed by atoms with van der Waals surface area (Å²) in [7, 11) is 0. The molecule has 8 nitrogen and oxygen atoms in total. The molecule has 3 rings (SSSR count). The first-order valence-electron chi connectivity index (χ1n) is 9.55. The Labute approximate surface area is 172 Å². The molecule has 0 aliphatic heterocycles. The van der Waals surface area contributed by atoms with Gasteiger partial charge in [0, 0.05) is 5.92 Å². The van der Waals surface area contributed by atoms with Gasteiger partial charge in [0.1, 0.15) is 10.6 Å². The Morgan fingerprint density at radius 3 is 2.55 bits per heavy atom. The maximum Gasteiger partial charge on any atom is 0.344 e. The summed E-state index contributed by atoms with van der Waals surface area (Å²) in [6, 6.07) is 0. The van der Waals surface area contributed by atoms with Gasteiger partial charge in [-0.1, -0.05) is 19.0 Å². The largest absolute Gasteiger partial charge is 0.462 e. The summed E-state index contributed by atoms with van der Waals surface area (Å²) >= 11 is 1.27. The van der Waals surface area contributed by atoms with Crippen molar-refractivity contribution in [3.05, 3.63) is 33.5 Å². The third-order valence-corrected chi connectivity index (χ3v) is 5.43. The predicted molar refractivity (Wildman–Crippen MR) is 106 cm³/mol. The van der Waals surface area contributed by atoms with Gasteiger partial charge < -0.3 is 19.3 Å². The van der Waals surface area contributed by atoms with Crippen molar-refractivity contribution >= 4 is 34.2 Å². The fourth-order valence-electron chi connectivity index (χ4n) is 2.97. The lowest BCUT2D eigenvalue weighted by Gasteiger charge is -2.09. The van der Waals surface area contributed by atoms with Crippen LogP contribution < -0.4 is 5.32 Å². The van der Waals surface area contributed by atoms with Crippen LogP contribution in [0.5, 0.6) is 0 Å². The molecule has 0 radical (unpaired) electrons. The second kappa shape index (κ2) is 8.77. The van der Waals surface area contributed by atoms with Crippen LogP contribution in [0.3, 0.4) is 0 Å². The second-order valence-electron chi connectivity index (χ2n) is 7.18. The zero-order valence-corrected chi connectivity index (χ0v) is 17.7. The van der Waals surface area contributed by atoms with Gasteiger partial charge in [0.15, 0.2) is 12.4 Å². The van der Waals surface area contributed by atoms with E-state index in [1.165, 1.54) is 11.3 Å². The molecular formula is C20H24N2O6S. The van der Waals surface area contributed by atoms with E-state index in [0.717, 1.165) is 18.4 Å². The molecule has 0 aromatic carbocycles. The Morgan fingerprint density at radius 2 is 1.93 bits per heavy atom. The number of esters is 2. The Morgan fingerprint density at radius 1 is 1.24 bits per heavy atom. The quantitative estimate of drug-likeness (QED) is 0.643. The van der Waals surface area contributed by atoms with Crippen LogP contribution in [0.15, 0.2) is 9.90 Å². The molecular weight excluding hydrogens is 396 g/mol. The molecule has 1 saturated carbocycles. The Bertz CT molecular complexity index is 926. The van der Waals surface area contributed by atoms with Gasteiger partial charge in [0.2, 0.25) is 0 Å². The van der Waals surface area contributed by atoms with Crippen LogP contribution in [0.25, 0.3) is 0 Å². The lowest BCUT2D eigenvalue weighted by molar-refractivity contribution is -0.119. The van der Waals surface area contributed by atoms with E-state index in [1.54, 1.807) is 13.8 Å². The van der Waals surface area contributed by atoms with Crippen molar-refractivity contribution in [3.63, 3.8) is 0 Å². The van der Waals surface area contributed by atoms with Crippen molar-refractivity contribution in [2.75, 3.05) is 18.5 Å². The van der Waals surface area contributed by atoms with Gasteiger partial charge in [-0.15, -0.1) is 11.3 Å². The molecule has 1 N–H and O–H groups in total. The molecule has 1 aliphatic carbocycles. The average molecular weight is 420 g/mol. The fraction of sp³-hybridized carbons (Fsp3) is 0.500. The van der Waals surface area contributed by atoms with Crippen LogP contribution in [-0.2, 0) is 14.3 Å². The third-order valence-electron chi connectivity index (χ3n) is 4.52. The fourth-order valence-corrected chi connectivity index (χ4v) is 4.01. The van der Waals surface area contributed by atoms with E-state index in [1.807, 2.05) is 19.2 Å². The van der Waals surface area contributed by atoms with Crippen LogP contribution in [0.2, 0.25) is 0 Å². The molecule has 0 bridgehead atoms. The topological polar surface area (TPSA) is 108 Å². The number of hydrogen-bond donors (Lipinski definition) is 1. The number of carbonyl (C=O) groups is 3. The van der Waals surface area contributed by atoms with Gasteiger partial charge in [0.05, 0.1) is 17.9 Å². The molecule has 29 heavy (non-hydrogen) atoms. The number of nitrogens with one attached hydrogen (secondary N) is 1.